The Kier molecular flexibility index (Phi) is 5.24. The van der Waals surface area contributed by atoms with Gasteiger partial charge in [-0.3, -0.25) is 4.79 Å². The second-order valence-electron chi connectivity index (χ2n) is 6.38. The van der Waals surface area contributed by atoms with Crippen LogP contribution in [0.2, 0.25) is 0 Å². The van der Waals surface area contributed by atoms with E-state index in [-0.39, 0.29) is 11.3 Å². The maximum atomic E-state index is 12.7. The van der Waals surface area contributed by atoms with Gasteiger partial charge in [-0.05, 0) is 52.5 Å². The van der Waals surface area contributed by atoms with Crippen molar-refractivity contribution in [3.63, 3.8) is 0 Å². The van der Waals surface area contributed by atoms with Crippen LogP contribution in [-0.4, -0.2) is 19.6 Å². The molecule has 0 heterocycles. The summed E-state index contributed by atoms with van der Waals surface area (Å²) < 4.78 is 6.00. The van der Waals surface area contributed by atoms with E-state index in [4.69, 9.17) is 4.74 Å². The Balaban J connectivity index is 1.77. The van der Waals surface area contributed by atoms with E-state index < -0.39 is 0 Å². The van der Waals surface area contributed by atoms with Crippen LogP contribution in [0.15, 0.2) is 53.0 Å². The monoisotopic (exact) mass is 387 g/mol. The summed E-state index contributed by atoms with van der Waals surface area (Å²) in [5.74, 6) is 0.616. The fourth-order valence-corrected chi connectivity index (χ4v) is 3.99. The van der Waals surface area contributed by atoms with Crippen molar-refractivity contribution in [1.29, 1.82) is 0 Å². The lowest BCUT2D eigenvalue weighted by Gasteiger charge is -2.30. The number of amides is 1. The number of hydrogen-bond donors (Lipinski definition) is 1. The van der Waals surface area contributed by atoms with Crippen molar-refractivity contribution in [2.75, 3.05) is 13.7 Å². The van der Waals surface area contributed by atoms with Crippen molar-refractivity contribution in [2.45, 2.75) is 31.1 Å². The van der Waals surface area contributed by atoms with Crippen LogP contribution in [0.4, 0.5) is 0 Å². The molecule has 4 heteroatoms. The highest BCUT2D eigenvalue weighted by Crippen LogP contribution is 2.40. The van der Waals surface area contributed by atoms with Crippen molar-refractivity contribution < 1.29 is 9.53 Å². The van der Waals surface area contributed by atoms with Crippen LogP contribution in [0.1, 0.15) is 41.6 Å². The second kappa shape index (κ2) is 7.39. The summed E-state index contributed by atoms with van der Waals surface area (Å²) in [6.45, 7) is 0.666. The third-order valence-corrected chi connectivity index (χ3v) is 5.64. The number of halogens is 1. The topological polar surface area (TPSA) is 38.3 Å². The van der Waals surface area contributed by atoms with E-state index in [1.165, 1.54) is 18.4 Å². The van der Waals surface area contributed by atoms with Crippen molar-refractivity contribution in [3.8, 4) is 5.75 Å². The molecule has 1 fully saturated rings. The van der Waals surface area contributed by atoms with E-state index in [1.54, 1.807) is 13.2 Å². The quantitative estimate of drug-likeness (QED) is 0.807. The third-order valence-electron chi connectivity index (χ3n) is 4.95. The van der Waals surface area contributed by atoms with Crippen molar-refractivity contribution >= 4 is 21.8 Å². The number of carbonyl (C=O) groups is 1. The first kappa shape index (κ1) is 17.0. The molecule has 0 radical (unpaired) electrons. The highest BCUT2D eigenvalue weighted by atomic mass is 79.9. The molecule has 0 saturated heterocycles. The lowest BCUT2D eigenvalue weighted by atomic mass is 9.79. The molecular weight excluding hydrogens is 366 g/mol. The summed E-state index contributed by atoms with van der Waals surface area (Å²) in [5, 5.41) is 3.15. The van der Waals surface area contributed by atoms with Crippen LogP contribution < -0.4 is 10.1 Å². The zero-order chi connectivity index (χ0) is 17.0. The van der Waals surface area contributed by atoms with Gasteiger partial charge >= 0.3 is 0 Å². The summed E-state index contributed by atoms with van der Waals surface area (Å²) in [6, 6.07) is 16.0. The van der Waals surface area contributed by atoms with Gasteiger partial charge in [0, 0.05) is 16.4 Å². The summed E-state index contributed by atoms with van der Waals surface area (Å²) in [6.07, 6.45) is 4.67. The molecule has 0 aliphatic heterocycles. The normalized spacial score (nSPS) is 15.9. The van der Waals surface area contributed by atoms with E-state index >= 15 is 0 Å². The molecular formula is C20H22BrNO2. The first-order chi connectivity index (χ1) is 11.6. The molecule has 1 aliphatic rings. The summed E-state index contributed by atoms with van der Waals surface area (Å²) in [5.41, 5.74) is 1.99. The Bertz CT molecular complexity index is 709. The molecule has 0 unspecified atom stereocenters. The lowest BCUT2D eigenvalue weighted by molar-refractivity contribution is 0.0942. The lowest BCUT2D eigenvalue weighted by Crippen LogP contribution is -2.39. The molecule has 1 saturated carbocycles. The molecule has 0 spiro atoms. The van der Waals surface area contributed by atoms with Gasteiger partial charge < -0.3 is 10.1 Å². The Morgan fingerprint density at radius 3 is 2.54 bits per heavy atom. The zero-order valence-electron chi connectivity index (χ0n) is 13.8. The largest absolute Gasteiger partial charge is 0.497 e. The van der Waals surface area contributed by atoms with Gasteiger partial charge in [0.05, 0.1) is 12.7 Å². The van der Waals surface area contributed by atoms with Crippen LogP contribution in [0, 0.1) is 0 Å². The predicted molar refractivity (Wildman–Crippen MR) is 99.6 cm³/mol. The van der Waals surface area contributed by atoms with Crippen LogP contribution >= 0.6 is 15.9 Å². The Labute approximate surface area is 151 Å². The van der Waals surface area contributed by atoms with E-state index in [0.29, 0.717) is 17.9 Å². The maximum absolute atomic E-state index is 12.7. The highest BCUT2D eigenvalue weighted by molar-refractivity contribution is 9.10. The van der Waals surface area contributed by atoms with E-state index in [1.807, 2.05) is 18.2 Å². The number of methoxy groups -OCH3 is 1. The van der Waals surface area contributed by atoms with Gasteiger partial charge in [-0.25, -0.2) is 0 Å². The second-order valence-corrected chi connectivity index (χ2v) is 7.24. The molecule has 2 aromatic carbocycles. The molecule has 0 aromatic heterocycles. The minimum absolute atomic E-state index is 0.0578. The average molecular weight is 388 g/mol. The standard InChI is InChI=1S/C20H22BrNO2/c1-24-16-9-10-18(21)17(13-16)19(23)22-14-20(11-5-6-12-20)15-7-3-2-4-8-15/h2-4,7-10,13H,5-6,11-12,14H2,1H3,(H,22,23). The van der Waals surface area contributed by atoms with Gasteiger partial charge in [-0.1, -0.05) is 43.2 Å². The smallest absolute Gasteiger partial charge is 0.252 e. The van der Waals surface area contributed by atoms with Gasteiger partial charge in [-0.2, -0.15) is 0 Å². The highest BCUT2D eigenvalue weighted by Gasteiger charge is 2.35. The molecule has 0 atom stereocenters. The number of benzene rings is 2. The van der Waals surface area contributed by atoms with Crippen molar-refractivity contribution in [2.24, 2.45) is 0 Å². The van der Waals surface area contributed by atoms with Gasteiger partial charge in [0.2, 0.25) is 0 Å². The molecule has 0 bridgehead atoms. The minimum atomic E-state index is -0.0667. The van der Waals surface area contributed by atoms with Gasteiger partial charge in [-0.15, -0.1) is 0 Å². The molecule has 126 valence electrons. The van der Waals surface area contributed by atoms with Gasteiger partial charge in [0.1, 0.15) is 5.75 Å². The molecule has 24 heavy (non-hydrogen) atoms. The summed E-state index contributed by atoms with van der Waals surface area (Å²) in [7, 11) is 1.61. The Morgan fingerprint density at radius 1 is 1.17 bits per heavy atom. The first-order valence-corrected chi connectivity index (χ1v) is 9.11. The fourth-order valence-electron chi connectivity index (χ4n) is 3.56. The third kappa shape index (κ3) is 3.48. The predicted octanol–water partition coefficient (Wildman–Crippen LogP) is 4.70. The van der Waals surface area contributed by atoms with Gasteiger partial charge in [0.25, 0.3) is 5.91 Å². The van der Waals surface area contributed by atoms with E-state index in [0.717, 1.165) is 17.3 Å². The number of hydrogen-bond acceptors (Lipinski definition) is 2. The van der Waals surface area contributed by atoms with Crippen LogP contribution in [0.3, 0.4) is 0 Å². The van der Waals surface area contributed by atoms with Crippen molar-refractivity contribution in [1.82, 2.24) is 5.32 Å². The molecule has 3 nitrogen and oxygen atoms in total. The van der Waals surface area contributed by atoms with Crippen LogP contribution in [-0.2, 0) is 5.41 Å². The number of ether oxygens (including phenoxy) is 1. The first-order valence-electron chi connectivity index (χ1n) is 8.32. The molecule has 1 N–H and O–H groups in total. The Morgan fingerprint density at radius 2 is 1.88 bits per heavy atom. The number of nitrogens with one attached hydrogen (secondary N) is 1. The van der Waals surface area contributed by atoms with Crippen molar-refractivity contribution in [3.05, 3.63) is 64.1 Å². The SMILES string of the molecule is COc1ccc(Br)c(C(=O)NCC2(c3ccccc3)CCCC2)c1. The molecule has 2 aromatic rings. The van der Waals surface area contributed by atoms with Crippen LogP contribution in [0.5, 0.6) is 5.75 Å². The van der Waals surface area contributed by atoms with Crippen LogP contribution in [0.25, 0.3) is 0 Å². The number of carbonyl (C=O) groups excluding carboxylic acids is 1. The average Bonchev–Trinajstić information content (AvgIpc) is 3.11. The minimum Gasteiger partial charge on any atom is -0.497 e. The van der Waals surface area contributed by atoms with Gasteiger partial charge in [0.15, 0.2) is 0 Å². The summed E-state index contributed by atoms with van der Waals surface area (Å²) >= 11 is 3.46. The Hall–Kier alpha value is -1.81. The van der Waals surface area contributed by atoms with E-state index in [9.17, 15) is 4.79 Å². The maximum Gasteiger partial charge on any atom is 0.252 e. The number of rotatable bonds is 5. The van der Waals surface area contributed by atoms with E-state index in [2.05, 4.69) is 45.5 Å². The molecule has 1 amide bonds. The fraction of sp³-hybridized carbons (Fsp3) is 0.350. The summed E-state index contributed by atoms with van der Waals surface area (Å²) in [4.78, 5) is 12.7. The molecule has 1 aliphatic carbocycles. The molecule has 3 rings (SSSR count). The zero-order valence-corrected chi connectivity index (χ0v) is 15.4.